The fourth-order valence-corrected chi connectivity index (χ4v) is 1.39. The second-order valence-corrected chi connectivity index (χ2v) is 3.71. The Kier molecular flexibility index (Phi) is 4.73. The van der Waals surface area contributed by atoms with Crippen molar-refractivity contribution in [3.8, 4) is 6.07 Å². The molecule has 0 unspecified atom stereocenters. The molecular formula is C12H16N2O3. The summed E-state index contributed by atoms with van der Waals surface area (Å²) in [6.45, 7) is 4.61. The van der Waals surface area contributed by atoms with Crippen LogP contribution in [-0.4, -0.2) is 29.9 Å². The Bertz CT molecular complexity index is 431. The minimum Gasteiger partial charge on any atom is -0.456 e. The number of hydrogen-bond donors (Lipinski definition) is 0. The van der Waals surface area contributed by atoms with Gasteiger partial charge >= 0.3 is 5.97 Å². The highest BCUT2D eigenvalue weighted by Gasteiger charge is 2.16. The third-order valence-corrected chi connectivity index (χ3v) is 2.21. The normalized spacial score (nSPS) is 11.9. The van der Waals surface area contributed by atoms with E-state index in [9.17, 15) is 4.79 Å². The highest BCUT2D eigenvalue weighted by Crippen LogP contribution is 2.09. The van der Waals surface area contributed by atoms with Crippen LogP contribution in [0.5, 0.6) is 0 Å². The van der Waals surface area contributed by atoms with Crippen LogP contribution in [0.3, 0.4) is 0 Å². The summed E-state index contributed by atoms with van der Waals surface area (Å²) in [5, 5.41) is 8.72. The summed E-state index contributed by atoms with van der Waals surface area (Å²) in [6, 6.07) is 3.49. The molecule has 0 aromatic carbocycles. The molecule has 0 aliphatic heterocycles. The van der Waals surface area contributed by atoms with Gasteiger partial charge in [0.15, 0.2) is 0 Å². The molecule has 0 saturated heterocycles. The van der Waals surface area contributed by atoms with Gasteiger partial charge in [0, 0.05) is 19.9 Å². The Morgan fingerprint density at radius 2 is 2.35 bits per heavy atom. The Labute approximate surface area is 101 Å². The summed E-state index contributed by atoms with van der Waals surface area (Å²) in [4.78, 5) is 11.8. The molecule has 92 valence electrons. The number of aryl methyl sites for hydroxylation is 1. The Hall–Kier alpha value is -1.80. The van der Waals surface area contributed by atoms with Gasteiger partial charge in [-0.15, -0.1) is 0 Å². The van der Waals surface area contributed by atoms with Crippen LogP contribution in [-0.2, 0) is 16.5 Å². The summed E-state index contributed by atoms with van der Waals surface area (Å²) in [6.07, 6.45) is 1.28. The van der Waals surface area contributed by atoms with Crippen LogP contribution in [0.15, 0.2) is 12.3 Å². The molecule has 5 heteroatoms. The van der Waals surface area contributed by atoms with E-state index in [2.05, 4.69) is 0 Å². The van der Waals surface area contributed by atoms with Gasteiger partial charge < -0.3 is 14.0 Å². The smallest absolute Gasteiger partial charge is 0.355 e. The maximum atomic E-state index is 11.8. The van der Waals surface area contributed by atoms with Crippen molar-refractivity contribution in [3.63, 3.8) is 0 Å². The largest absolute Gasteiger partial charge is 0.456 e. The van der Waals surface area contributed by atoms with E-state index in [1.165, 1.54) is 6.07 Å². The molecule has 0 aliphatic carbocycles. The highest BCUT2D eigenvalue weighted by molar-refractivity contribution is 5.88. The standard InChI is InChI=1S/C12H16N2O3/c1-4-16-8-9(2)17-12(15)11-5-10(6-13)7-14(11)3/h5,7,9H,4,8H2,1-3H3/t9-/m1/s1. The van der Waals surface area contributed by atoms with Crippen molar-refractivity contribution in [2.75, 3.05) is 13.2 Å². The maximum absolute atomic E-state index is 11.8. The molecule has 5 nitrogen and oxygen atoms in total. The van der Waals surface area contributed by atoms with Gasteiger partial charge in [0.2, 0.25) is 0 Å². The highest BCUT2D eigenvalue weighted by atomic mass is 16.6. The Balaban J connectivity index is 2.63. The number of hydrogen-bond acceptors (Lipinski definition) is 4. The fraction of sp³-hybridized carbons (Fsp3) is 0.500. The first-order valence-electron chi connectivity index (χ1n) is 5.43. The SMILES string of the molecule is CCOC[C@@H](C)OC(=O)c1cc(C#N)cn1C. The molecule has 1 rings (SSSR count). The van der Waals surface area contributed by atoms with Crippen molar-refractivity contribution in [2.24, 2.45) is 7.05 Å². The minimum atomic E-state index is -0.443. The van der Waals surface area contributed by atoms with Crippen molar-refractivity contribution in [3.05, 3.63) is 23.5 Å². The van der Waals surface area contributed by atoms with Crippen LogP contribution in [0.25, 0.3) is 0 Å². The van der Waals surface area contributed by atoms with Crippen LogP contribution in [0.2, 0.25) is 0 Å². The van der Waals surface area contributed by atoms with E-state index in [0.717, 1.165) is 0 Å². The monoisotopic (exact) mass is 236 g/mol. The molecule has 1 heterocycles. The molecule has 0 fully saturated rings. The number of nitrogens with zero attached hydrogens (tertiary/aromatic N) is 2. The maximum Gasteiger partial charge on any atom is 0.355 e. The van der Waals surface area contributed by atoms with E-state index in [1.807, 2.05) is 13.0 Å². The number of aromatic nitrogens is 1. The van der Waals surface area contributed by atoms with Gasteiger partial charge in [0.1, 0.15) is 17.9 Å². The van der Waals surface area contributed by atoms with E-state index in [0.29, 0.717) is 24.5 Å². The van der Waals surface area contributed by atoms with Gasteiger partial charge in [0.05, 0.1) is 12.2 Å². The summed E-state index contributed by atoms with van der Waals surface area (Å²) in [7, 11) is 1.70. The lowest BCUT2D eigenvalue weighted by atomic mass is 10.3. The number of rotatable bonds is 5. The predicted octanol–water partition coefficient (Wildman–Crippen LogP) is 1.48. The third kappa shape index (κ3) is 3.61. The zero-order valence-corrected chi connectivity index (χ0v) is 10.3. The molecule has 0 aliphatic rings. The van der Waals surface area contributed by atoms with E-state index >= 15 is 0 Å². The van der Waals surface area contributed by atoms with Gasteiger partial charge in [-0.25, -0.2) is 4.79 Å². The van der Waals surface area contributed by atoms with Gasteiger partial charge in [0.25, 0.3) is 0 Å². The zero-order chi connectivity index (χ0) is 12.8. The van der Waals surface area contributed by atoms with Crippen LogP contribution < -0.4 is 0 Å². The van der Waals surface area contributed by atoms with Crippen LogP contribution in [0.1, 0.15) is 29.9 Å². The average Bonchev–Trinajstić information content (AvgIpc) is 2.68. The van der Waals surface area contributed by atoms with Crippen molar-refractivity contribution in [2.45, 2.75) is 20.0 Å². The quantitative estimate of drug-likeness (QED) is 0.726. The number of ether oxygens (including phenoxy) is 2. The van der Waals surface area contributed by atoms with Gasteiger partial charge in [-0.3, -0.25) is 0 Å². The fourth-order valence-electron chi connectivity index (χ4n) is 1.39. The van der Waals surface area contributed by atoms with Gasteiger partial charge in [-0.05, 0) is 19.9 Å². The van der Waals surface area contributed by atoms with Crippen LogP contribution >= 0.6 is 0 Å². The lowest BCUT2D eigenvalue weighted by Crippen LogP contribution is -2.21. The van der Waals surface area contributed by atoms with Gasteiger partial charge in [-0.2, -0.15) is 5.26 Å². The molecule has 0 radical (unpaired) electrons. The van der Waals surface area contributed by atoms with E-state index in [4.69, 9.17) is 14.7 Å². The summed E-state index contributed by atoms with van der Waals surface area (Å²) >= 11 is 0. The topological polar surface area (TPSA) is 64.2 Å². The molecule has 0 amide bonds. The molecule has 0 bridgehead atoms. The summed E-state index contributed by atoms with van der Waals surface area (Å²) in [5.74, 6) is -0.443. The first kappa shape index (κ1) is 13.3. The van der Waals surface area contributed by atoms with Gasteiger partial charge in [-0.1, -0.05) is 0 Å². The molecule has 1 atom stereocenters. The molecule has 1 aromatic rings. The zero-order valence-electron chi connectivity index (χ0n) is 10.3. The Morgan fingerprint density at radius 3 is 2.88 bits per heavy atom. The third-order valence-electron chi connectivity index (χ3n) is 2.21. The van der Waals surface area contributed by atoms with Crippen LogP contribution in [0.4, 0.5) is 0 Å². The van der Waals surface area contributed by atoms with Crippen molar-refractivity contribution in [1.29, 1.82) is 5.26 Å². The van der Waals surface area contributed by atoms with E-state index in [1.54, 1.807) is 24.7 Å². The first-order chi connectivity index (χ1) is 8.08. The van der Waals surface area contributed by atoms with Crippen molar-refractivity contribution >= 4 is 5.97 Å². The number of nitriles is 1. The first-order valence-corrected chi connectivity index (χ1v) is 5.43. The summed E-state index contributed by atoms with van der Waals surface area (Å²) < 4.78 is 11.9. The average molecular weight is 236 g/mol. The van der Waals surface area contributed by atoms with Crippen molar-refractivity contribution < 1.29 is 14.3 Å². The second kappa shape index (κ2) is 6.06. The number of carbonyl (C=O) groups is 1. The predicted molar refractivity (Wildman–Crippen MR) is 61.5 cm³/mol. The molecule has 0 N–H and O–H groups in total. The lowest BCUT2D eigenvalue weighted by molar-refractivity contribution is 0.00357. The number of carbonyl (C=O) groups excluding carboxylic acids is 1. The van der Waals surface area contributed by atoms with Crippen LogP contribution in [0, 0.1) is 11.3 Å². The number of esters is 1. The molecule has 17 heavy (non-hydrogen) atoms. The second-order valence-electron chi connectivity index (χ2n) is 3.71. The van der Waals surface area contributed by atoms with Crippen molar-refractivity contribution in [1.82, 2.24) is 4.57 Å². The van der Waals surface area contributed by atoms with E-state index < -0.39 is 5.97 Å². The Morgan fingerprint density at radius 1 is 1.65 bits per heavy atom. The summed E-state index contributed by atoms with van der Waals surface area (Å²) in [5.41, 5.74) is 0.807. The molecule has 0 spiro atoms. The molecule has 1 aromatic heterocycles. The molecule has 0 saturated carbocycles. The minimum absolute atomic E-state index is 0.303. The molecular weight excluding hydrogens is 220 g/mol. The lowest BCUT2D eigenvalue weighted by Gasteiger charge is -2.13. The van der Waals surface area contributed by atoms with E-state index in [-0.39, 0.29) is 6.10 Å².